The van der Waals surface area contributed by atoms with Crippen molar-refractivity contribution >= 4 is 5.97 Å². The summed E-state index contributed by atoms with van der Waals surface area (Å²) < 4.78 is 4.58. The number of esters is 1. The fourth-order valence-electron chi connectivity index (χ4n) is 1.55. The normalized spacial score (nSPS) is 36.1. The highest BCUT2D eigenvalue weighted by Gasteiger charge is 2.31. The first-order valence-electron chi connectivity index (χ1n) is 4.16. The standard InChI is InChI=1S/C8H15NO3/c1-12-8(11)5-2-3-6(9)7(10)4-5/h5-7,10H,2-4,9H2,1H3. The van der Waals surface area contributed by atoms with Crippen molar-refractivity contribution < 1.29 is 14.6 Å². The van der Waals surface area contributed by atoms with Crippen LogP contribution in [0.5, 0.6) is 0 Å². The number of aliphatic hydroxyl groups is 1. The van der Waals surface area contributed by atoms with Crippen LogP contribution in [0.2, 0.25) is 0 Å². The highest BCUT2D eigenvalue weighted by atomic mass is 16.5. The molecular formula is C8H15NO3. The van der Waals surface area contributed by atoms with Gasteiger partial charge in [-0.1, -0.05) is 0 Å². The van der Waals surface area contributed by atoms with Crippen molar-refractivity contribution in [1.29, 1.82) is 0 Å². The van der Waals surface area contributed by atoms with Crippen LogP contribution < -0.4 is 5.73 Å². The Morgan fingerprint density at radius 1 is 1.58 bits per heavy atom. The van der Waals surface area contributed by atoms with Crippen molar-refractivity contribution in [2.75, 3.05) is 7.11 Å². The molecule has 1 aliphatic rings. The number of nitrogens with two attached hydrogens (primary N) is 1. The Labute approximate surface area is 71.7 Å². The molecule has 0 saturated heterocycles. The lowest BCUT2D eigenvalue weighted by Gasteiger charge is -2.28. The summed E-state index contributed by atoms with van der Waals surface area (Å²) in [4.78, 5) is 11.0. The van der Waals surface area contributed by atoms with E-state index in [4.69, 9.17) is 5.73 Å². The quantitative estimate of drug-likeness (QED) is 0.531. The van der Waals surface area contributed by atoms with Crippen molar-refractivity contribution in [3.8, 4) is 0 Å². The van der Waals surface area contributed by atoms with Gasteiger partial charge in [0.2, 0.25) is 0 Å². The van der Waals surface area contributed by atoms with Crippen LogP contribution in [0.3, 0.4) is 0 Å². The van der Waals surface area contributed by atoms with Crippen LogP contribution in [0.15, 0.2) is 0 Å². The number of ether oxygens (including phenoxy) is 1. The van der Waals surface area contributed by atoms with Gasteiger partial charge in [-0.25, -0.2) is 0 Å². The Hall–Kier alpha value is -0.610. The third kappa shape index (κ3) is 1.95. The first kappa shape index (κ1) is 9.48. The van der Waals surface area contributed by atoms with E-state index >= 15 is 0 Å². The minimum atomic E-state index is -0.553. The summed E-state index contributed by atoms with van der Waals surface area (Å²) in [5.74, 6) is -0.397. The number of carbonyl (C=O) groups excluding carboxylic acids is 1. The summed E-state index contributed by atoms with van der Waals surface area (Å²) in [7, 11) is 1.36. The molecule has 4 heteroatoms. The van der Waals surface area contributed by atoms with E-state index in [1.54, 1.807) is 0 Å². The third-order valence-electron chi connectivity index (χ3n) is 2.40. The van der Waals surface area contributed by atoms with Crippen LogP contribution in [0.4, 0.5) is 0 Å². The molecule has 0 bridgehead atoms. The van der Waals surface area contributed by atoms with Gasteiger partial charge in [0.15, 0.2) is 0 Å². The molecule has 0 spiro atoms. The summed E-state index contributed by atoms with van der Waals surface area (Å²) in [6, 6.07) is -0.175. The smallest absolute Gasteiger partial charge is 0.308 e. The SMILES string of the molecule is COC(=O)C1CCC(N)C(O)C1. The van der Waals surface area contributed by atoms with Gasteiger partial charge in [0, 0.05) is 6.04 Å². The van der Waals surface area contributed by atoms with E-state index in [9.17, 15) is 9.90 Å². The van der Waals surface area contributed by atoms with Gasteiger partial charge in [-0.15, -0.1) is 0 Å². The predicted molar refractivity (Wildman–Crippen MR) is 43.3 cm³/mol. The Morgan fingerprint density at radius 2 is 2.25 bits per heavy atom. The number of rotatable bonds is 1. The number of carbonyl (C=O) groups is 1. The van der Waals surface area contributed by atoms with Crippen LogP contribution >= 0.6 is 0 Å². The summed E-state index contributed by atoms with van der Waals surface area (Å²) in [6.45, 7) is 0. The molecule has 4 nitrogen and oxygen atoms in total. The van der Waals surface area contributed by atoms with E-state index in [1.807, 2.05) is 0 Å². The van der Waals surface area contributed by atoms with Crippen LogP contribution in [-0.2, 0) is 9.53 Å². The molecule has 0 heterocycles. The van der Waals surface area contributed by atoms with Gasteiger partial charge < -0.3 is 15.6 Å². The number of methoxy groups -OCH3 is 1. The predicted octanol–water partition coefficient (Wildman–Crippen LogP) is -0.352. The molecule has 3 unspecified atom stereocenters. The molecule has 12 heavy (non-hydrogen) atoms. The minimum absolute atomic E-state index is 0.162. The van der Waals surface area contributed by atoms with Crippen LogP contribution in [0.25, 0.3) is 0 Å². The second-order valence-corrected chi connectivity index (χ2v) is 3.26. The summed E-state index contributed by atoms with van der Waals surface area (Å²) in [6.07, 6.45) is 1.31. The Bertz CT molecular complexity index is 172. The fraction of sp³-hybridized carbons (Fsp3) is 0.875. The second kappa shape index (κ2) is 3.87. The maximum Gasteiger partial charge on any atom is 0.308 e. The zero-order valence-electron chi connectivity index (χ0n) is 7.19. The Morgan fingerprint density at radius 3 is 2.75 bits per heavy atom. The minimum Gasteiger partial charge on any atom is -0.469 e. The number of hydrogen-bond donors (Lipinski definition) is 2. The van der Waals surface area contributed by atoms with Crippen molar-refractivity contribution in [2.45, 2.75) is 31.4 Å². The van der Waals surface area contributed by atoms with E-state index in [0.29, 0.717) is 12.8 Å². The van der Waals surface area contributed by atoms with Gasteiger partial charge in [0.1, 0.15) is 0 Å². The zero-order chi connectivity index (χ0) is 9.14. The van der Waals surface area contributed by atoms with Crippen molar-refractivity contribution in [1.82, 2.24) is 0 Å². The molecule has 0 aromatic rings. The number of aliphatic hydroxyl groups excluding tert-OH is 1. The molecule has 0 aliphatic heterocycles. The lowest BCUT2D eigenvalue weighted by molar-refractivity contribution is -0.148. The number of hydrogen-bond acceptors (Lipinski definition) is 4. The largest absolute Gasteiger partial charge is 0.469 e. The highest BCUT2D eigenvalue weighted by molar-refractivity contribution is 5.72. The summed E-state index contributed by atoms with van der Waals surface area (Å²) in [5.41, 5.74) is 5.58. The lowest BCUT2D eigenvalue weighted by atomic mass is 9.84. The van der Waals surface area contributed by atoms with Crippen LogP contribution in [0.1, 0.15) is 19.3 Å². The average molecular weight is 173 g/mol. The zero-order valence-corrected chi connectivity index (χ0v) is 7.19. The molecule has 1 fully saturated rings. The fourth-order valence-corrected chi connectivity index (χ4v) is 1.55. The molecule has 1 saturated carbocycles. The molecule has 3 N–H and O–H groups in total. The lowest BCUT2D eigenvalue weighted by Crippen LogP contribution is -2.42. The molecule has 0 amide bonds. The van der Waals surface area contributed by atoms with Gasteiger partial charge in [0.25, 0.3) is 0 Å². The molecule has 0 radical (unpaired) electrons. The third-order valence-corrected chi connectivity index (χ3v) is 2.40. The molecule has 70 valence electrons. The van der Waals surface area contributed by atoms with E-state index in [-0.39, 0.29) is 17.9 Å². The van der Waals surface area contributed by atoms with Gasteiger partial charge in [-0.3, -0.25) is 4.79 Å². The van der Waals surface area contributed by atoms with Crippen molar-refractivity contribution in [3.63, 3.8) is 0 Å². The molecule has 0 aromatic carbocycles. The second-order valence-electron chi connectivity index (χ2n) is 3.26. The summed E-state index contributed by atoms with van der Waals surface area (Å²) >= 11 is 0. The van der Waals surface area contributed by atoms with Gasteiger partial charge in [0.05, 0.1) is 19.1 Å². The molecule has 0 aromatic heterocycles. The van der Waals surface area contributed by atoms with Crippen molar-refractivity contribution in [2.24, 2.45) is 11.7 Å². The van der Waals surface area contributed by atoms with Crippen molar-refractivity contribution in [3.05, 3.63) is 0 Å². The van der Waals surface area contributed by atoms with Crippen LogP contribution in [-0.4, -0.2) is 30.3 Å². The first-order valence-corrected chi connectivity index (χ1v) is 4.16. The van der Waals surface area contributed by atoms with E-state index in [2.05, 4.69) is 4.74 Å². The van der Waals surface area contributed by atoms with E-state index in [1.165, 1.54) is 7.11 Å². The van der Waals surface area contributed by atoms with Gasteiger partial charge in [-0.2, -0.15) is 0 Å². The Balaban J connectivity index is 2.45. The monoisotopic (exact) mass is 173 g/mol. The maximum atomic E-state index is 11.0. The highest BCUT2D eigenvalue weighted by Crippen LogP contribution is 2.24. The molecule has 1 aliphatic carbocycles. The topological polar surface area (TPSA) is 72.5 Å². The summed E-state index contributed by atoms with van der Waals surface area (Å²) in [5, 5.41) is 9.36. The molecular weight excluding hydrogens is 158 g/mol. The average Bonchev–Trinajstić information content (AvgIpc) is 2.08. The maximum absolute atomic E-state index is 11.0. The van der Waals surface area contributed by atoms with E-state index in [0.717, 1.165) is 6.42 Å². The van der Waals surface area contributed by atoms with E-state index < -0.39 is 6.10 Å². The Kier molecular flexibility index (Phi) is 3.05. The van der Waals surface area contributed by atoms with Crippen LogP contribution in [0, 0.1) is 5.92 Å². The first-order chi connectivity index (χ1) is 5.65. The molecule has 3 atom stereocenters. The molecule has 1 rings (SSSR count). The van der Waals surface area contributed by atoms with Gasteiger partial charge in [-0.05, 0) is 19.3 Å². The van der Waals surface area contributed by atoms with Gasteiger partial charge >= 0.3 is 5.97 Å².